The number of phenolic OH excluding ortho intramolecular Hbond substituents is 1. The van der Waals surface area contributed by atoms with Gasteiger partial charge in [0.25, 0.3) is 0 Å². The minimum absolute atomic E-state index is 0.297. The van der Waals surface area contributed by atoms with E-state index in [0.717, 1.165) is 37.0 Å². The fourth-order valence-corrected chi connectivity index (χ4v) is 4.23. The fraction of sp³-hybridized carbons (Fsp3) is 0.647. The number of nitrogens with one attached hydrogen (secondary N) is 1. The first-order chi connectivity index (χ1) is 9.61. The van der Waals surface area contributed by atoms with Crippen molar-refractivity contribution in [1.29, 1.82) is 0 Å². The third kappa shape index (κ3) is 2.23. The Morgan fingerprint density at radius 1 is 1.40 bits per heavy atom. The average molecular weight is 274 g/mol. The molecule has 1 aromatic carbocycles. The van der Waals surface area contributed by atoms with Crippen LogP contribution in [-0.2, 0) is 0 Å². The van der Waals surface area contributed by atoms with Crippen LogP contribution >= 0.6 is 0 Å². The Bertz CT molecular complexity index is 488. The van der Waals surface area contributed by atoms with Crippen LogP contribution < -0.4 is 5.32 Å². The number of fused-ring (bicyclic) bond motifs is 1. The smallest absolute Gasteiger partial charge is 0.120 e. The molecule has 110 valence electrons. The monoisotopic (exact) mass is 274 g/mol. The van der Waals surface area contributed by atoms with E-state index in [4.69, 9.17) is 0 Å². The Morgan fingerprint density at radius 3 is 2.95 bits per heavy atom. The van der Waals surface area contributed by atoms with Crippen molar-refractivity contribution in [2.75, 3.05) is 19.6 Å². The predicted octanol–water partition coefficient (Wildman–Crippen LogP) is 2.69. The van der Waals surface area contributed by atoms with Gasteiger partial charge in [-0.15, -0.1) is 0 Å². The molecule has 1 aromatic rings. The maximum Gasteiger partial charge on any atom is 0.120 e. The summed E-state index contributed by atoms with van der Waals surface area (Å²) in [5.41, 5.74) is 2.30. The molecule has 2 saturated heterocycles. The molecular formula is C17H26N2O. The Kier molecular flexibility index (Phi) is 3.74. The van der Waals surface area contributed by atoms with Crippen molar-refractivity contribution in [2.45, 2.75) is 39.3 Å². The number of likely N-dealkylation sites (tertiary alicyclic amines) is 1. The highest BCUT2D eigenvalue weighted by atomic mass is 16.3. The molecule has 3 nitrogen and oxygen atoms in total. The van der Waals surface area contributed by atoms with Crippen LogP contribution in [0.3, 0.4) is 0 Å². The van der Waals surface area contributed by atoms with Gasteiger partial charge < -0.3 is 10.4 Å². The molecule has 0 aliphatic carbocycles. The molecule has 4 unspecified atom stereocenters. The van der Waals surface area contributed by atoms with Gasteiger partial charge in [-0.3, -0.25) is 4.90 Å². The Labute approximate surface area is 122 Å². The highest BCUT2D eigenvalue weighted by molar-refractivity contribution is 5.38. The molecule has 2 aliphatic rings. The predicted molar refractivity (Wildman–Crippen MR) is 81.9 cm³/mol. The summed E-state index contributed by atoms with van der Waals surface area (Å²) in [6, 6.07) is 6.89. The fourth-order valence-electron chi connectivity index (χ4n) is 4.23. The molecule has 0 saturated carbocycles. The second-order valence-corrected chi connectivity index (χ2v) is 6.49. The van der Waals surface area contributed by atoms with Crippen LogP contribution in [0.4, 0.5) is 0 Å². The molecule has 2 aliphatic heterocycles. The SMILES string of the molecule is CCC1C2CNCC2CN1C(C)c1cc(C)ccc1O. The Hall–Kier alpha value is -1.06. The lowest BCUT2D eigenvalue weighted by molar-refractivity contribution is 0.163. The first-order valence-corrected chi connectivity index (χ1v) is 7.87. The molecule has 2 N–H and O–H groups in total. The molecular weight excluding hydrogens is 248 g/mol. The number of aromatic hydroxyl groups is 1. The van der Waals surface area contributed by atoms with Gasteiger partial charge in [0.1, 0.15) is 5.75 Å². The van der Waals surface area contributed by atoms with E-state index < -0.39 is 0 Å². The van der Waals surface area contributed by atoms with E-state index in [1.807, 2.05) is 12.1 Å². The van der Waals surface area contributed by atoms with E-state index in [2.05, 4.69) is 37.1 Å². The van der Waals surface area contributed by atoms with Gasteiger partial charge >= 0.3 is 0 Å². The second kappa shape index (κ2) is 5.38. The molecule has 3 heteroatoms. The Balaban J connectivity index is 1.86. The van der Waals surface area contributed by atoms with Crippen molar-refractivity contribution in [3.8, 4) is 5.75 Å². The highest BCUT2D eigenvalue weighted by Crippen LogP contribution is 2.41. The molecule has 0 aromatic heterocycles. The lowest BCUT2D eigenvalue weighted by Gasteiger charge is -2.33. The van der Waals surface area contributed by atoms with Crippen molar-refractivity contribution in [1.82, 2.24) is 10.2 Å². The summed E-state index contributed by atoms with van der Waals surface area (Å²) in [5.74, 6) is 2.01. The third-order valence-corrected chi connectivity index (χ3v) is 5.31. The van der Waals surface area contributed by atoms with Crippen molar-refractivity contribution in [3.63, 3.8) is 0 Å². The maximum absolute atomic E-state index is 10.2. The second-order valence-electron chi connectivity index (χ2n) is 6.49. The molecule has 3 rings (SSSR count). The van der Waals surface area contributed by atoms with E-state index in [9.17, 15) is 5.11 Å². The molecule has 2 fully saturated rings. The number of hydrogen-bond acceptors (Lipinski definition) is 3. The quantitative estimate of drug-likeness (QED) is 0.889. The summed E-state index contributed by atoms with van der Waals surface area (Å²) in [6.45, 7) is 10.1. The van der Waals surface area contributed by atoms with Crippen molar-refractivity contribution < 1.29 is 5.11 Å². The zero-order chi connectivity index (χ0) is 14.3. The zero-order valence-corrected chi connectivity index (χ0v) is 12.8. The van der Waals surface area contributed by atoms with Gasteiger partial charge in [-0.1, -0.05) is 24.6 Å². The van der Waals surface area contributed by atoms with Crippen LogP contribution in [0.25, 0.3) is 0 Å². The van der Waals surface area contributed by atoms with Crippen LogP contribution in [-0.4, -0.2) is 35.7 Å². The highest BCUT2D eigenvalue weighted by Gasteiger charge is 2.45. The average Bonchev–Trinajstić information content (AvgIpc) is 3.00. The van der Waals surface area contributed by atoms with E-state index in [0.29, 0.717) is 17.8 Å². The summed E-state index contributed by atoms with van der Waals surface area (Å²) < 4.78 is 0. The number of hydrogen-bond donors (Lipinski definition) is 2. The molecule has 4 atom stereocenters. The number of benzene rings is 1. The normalized spacial score (nSPS) is 31.4. The van der Waals surface area contributed by atoms with E-state index in [-0.39, 0.29) is 0 Å². The van der Waals surface area contributed by atoms with Crippen molar-refractivity contribution in [2.24, 2.45) is 11.8 Å². The summed E-state index contributed by atoms with van der Waals surface area (Å²) in [6.07, 6.45) is 1.19. The van der Waals surface area contributed by atoms with E-state index >= 15 is 0 Å². The minimum Gasteiger partial charge on any atom is -0.508 e. The van der Waals surface area contributed by atoms with Gasteiger partial charge in [-0.2, -0.15) is 0 Å². The number of phenols is 1. The number of aryl methyl sites for hydroxylation is 1. The molecule has 0 spiro atoms. The van der Waals surface area contributed by atoms with Crippen LogP contribution in [0.5, 0.6) is 5.75 Å². The van der Waals surface area contributed by atoms with Gasteiger partial charge in [0.15, 0.2) is 0 Å². The third-order valence-electron chi connectivity index (χ3n) is 5.31. The number of nitrogens with zero attached hydrogens (tertiary/aromatic N) is 1. The Morgan fingerprint density at radius 2 is 2.20 bits per heavy atom. The topological polar surface area (TPSA) is 35.5 Å². The summed E-state index contributed by atoms with van der Waals surface area (Å²) in [5, 5.41) is 13.7. The largest absolute Gasteiger partial charge is 0.508 e. The van der Waals surface area contributed by atoms with Crippen molar-refractivity contribution >= 4 is 0 Å². The number of rotatable bonds is 3. The lowest BCUT2D eigenvalue weighted by Crippen LogP contribution is -2.37. The summed E-state index contributed by atoms with van der Waals surface area (Å²) in [7, 11) is 0. The van der Waals surface area contributed by atoms with Crippen molar-refractivity contribution in [3.05, 3.63) is 29.3 Å². The molecule has 0 bridgehead atoms. The van der Waals surface area contributed by atoms with Gasteiger partial charge in [-0.05, 0) is 51.3 Å². The van der Waals surface area contributed by atoms with Crippen LogP contribution in [0.2, 0.25) is 0 Å². The molecule has 20 heavy (non-hydrogen) atoms. The van der Waals surface area contributed by atoms with Gasteiger partial charge in [0, 0.05) is 24.2 Å². The van der Waals surface area contributed by atoms with Crippen LogP contribution in [0, 0.1) is 18.8 Å². The standard InChI is InChI=1S/C17H26N2O/c1-4-16-15-9-18-8-13(15)10-19(16)12(3)14-7-11(2)5-6-17(14)20/h5-7,12-13,15-16,18,20H,4,8-10H2,1-3H3. The molecule has 2 heterocycles. The van der Waals surface area contributed by atoms with Crippen LogP contribution in [0.15, 0.2) is 18.2 Å². The first kappa shape index (κ1) is 13.9. The lowest BCUT2D eigenvalue weighted by atomic mass is 9.92. The molecule has 0 radical (unpaired) electrons. The van der Waals surface area contributed by atoms with E-state index in [1.54, 1.807) is 0 Å². The zero-order valence-electron chi connectivity index (χ0n) is 12.8. The summed E-state index contributed by atoms with van der Waals surface area (Å²) >= 11 is 0. The van der Waals surface area contributed by atoms with E-state index in [1.165, 1.54) is 12.0 Å². The van der Waals surface area contributed by atoms with Gasteiger partial charge in [0.05, 0.1) is 0 Å². The minimum atomic E-state index is 0.297. The summed E-state index contributed by atoms with van der Waals surface area (Å²) in [4.78, 5) is 2.62. The maximum atomic E-state index is 10.2. The van der Waals surface area contributed by atoms with Gasteiger partial charge in [-0.25, -0.2) is 0 Å². The molecule has 0 amide bonds. The first-order valence-electron chi connectivity index (χ1n) is 7.87. The van der Waals surface area contributed by atoms with Crippen LogP contribution in [0.1, 0.15) is 37.4 Å². The van der Waals surface area contributed by atoms with Gasteiger partial charge in [0.2, 0.25) is 0 Å².